The number of anilines is 2. The largest absolute Gasteiger partial charge is 0.396 e. The Bertz CT molecular complexity index is 659. The number of carbonyl (C=O) groups is 1. The van der Waals surface area contributed by atoms with Crippen molar-refractivity contribution in [3.8, 4) is 0 Å². The summed E-state index contributed by atoms with van der Waals surface area (Å²) in [6.07, 6.45) is 0.599. The summed E-state index contributed by atoms with van der Waals surface area (Å²) in [5.74, 6) is -0.374. The highest BCUT2D eigenvalue weighted by atomic mass is 32.2. The predicted octanol–water partition coefficient (Wildman–Crippen LogP) is -0.382. The first-order chi connectivity index (χ1) is 9.15. The van der Waals surface area contributed by atoms with Crippen molar-refractivity contribution in [1.82, 2.24) is 0 Å². The van der Waals surface area contributed by atoms with Crippen molar-refractivity contribution in [2.24, 2.45) is 16.3 Å². The third kappa shape index (κ3) is 2.44. The van der Waals surface area contributed by atoms with Gasteiger partial charge in [0.2, 0.25) is 15.9 Å². The first-order valence-electron chi connectivity index (χ1n) is 6.11. The van der Waals surface area contributed by atoms with Gasteiger partial charge in [-0.15, -0.1) is 0 Å². The Morgan fingerprint density at radius 3 is 2.55 bits per heavy atom. The number of carbonyl (C=O) groups excluding carboxylic acids is 1. The molecule has 20 heavy (non-hydrogen) atoms. The summed E-state index contributed by atoms with van der Waals surface area (Å²) in [5, 5.41) is 5.13. The van der Waals surface area contributed by atoms with Crippen molar-refractivity contribution in [2.75, 3.05) is 23.7 Å². The summed E-state index contributed by atoms with van der Waals surface area (Å²) >= 11 is 0. The fourth-order valence-corrected chi connectivity index (χ4v) is 3.10. The lowest BCUT2D eigenvalue weighted by Gasteiger charge is -2.24. The predicted molar refractivity (Wildman–Crippen MR) is 76.4 cm³/mol. The molecule has 0 aliphatic carbocycles. The quantitative estimate of drug-likeness (QED) is 0.654. The van der Waals surface area contributed by atoms with Crippen molar-refractivity contribution in [2.45, 2.75) is 18.2 Å². The molecule has 7 nitrogen and oxygen atoms in total. The van der Waals surface area contributed by atoms with E-state index in [1.807, 2.05) is 4.90 Å². The second kappa shape index (κ2) is 4.64. The number of amides is 1. The molecule has 1 atom stereocenters. The van der Waals surface area contributed by atoms with Crippen LogP contribution in [0, 0.1) is 5.41 Å². The summed E-state index contributed by atoms with van der Waals surface area (Å²) in [5.41, 5.74) is 11.3. The van der Waals surface area contributed by atoms with E-state index in [4.69, 9.17) is 16.6 Å². The molecule has 8 heteroatoms. The summed E-state index contributed by atoms with van der Waals surface area (Å²) in [7, 11) is -3.87. The molecule has 1 aliphatic rings. The highest BCUT2D eigenvalue weighted by Gasteiger charge is 2.39. The maximum atomic E-state index is 11.5. The minimum atomic E-state index is -3.87. The molecule has 0 spiro atoms. The standard InChI is InChI=1S/C12H18N4O3S/c1-12(11(14)17)5-6-16(7-12)8-3-2-4-9(10(8)13)20(15,18)19/h2-4H,5-7,13H2,1H3,(H2,14,17)(H2,15,18,19). The number of nitrogens with zero attached hydrogens (tertiary/aromatic N) is 1. The molecule has 0 saturated carbocycles. The van der Waals surface area contributed by atoms with E-state index in [-0.39, 0.29) is 16.5 Å². The maximum Gasteiger partial charge on any atom is 0.240 e. The third-order valence-corrected chi connectivity index (χ3v) is 4.73. The summed E-state index contributed by atoms with van der Waals surface area (Å²) in [6.45, 7) is 2.77. The van der Waals surface area contributed by atoms with Crippen LogP contribution in [0.3, 0.4) is 0 Å². The van der Waals surface area contributed by atoms with Crippen LogP contribution in [0.2, 0.25) is 0 Å². The van der Waals surface area contributed by atoms with Crippen molar-refractivity contribution in [3.05, 3.63) is 18.2 Å². The monoisotopic (exact) mass is 298 g/mol. The molecule has 1 aromatic rings. The highest BCUT2D eigenvalue weighted by Crippen LogP contribution is 2.37. The van der Waals surface area contributed by atoms with Gasteiger partial charge in [-0.25, -0.2) is 13.6 Å². The summed E-state index contributed by atoms with van der Waals surface area (Å²) < 4.78 is 22.9. The van der Waals surface area contributed by atoms with Crippen LogP contribution in [0.25, 0.3) is 0 Å². The molecule has 0 bridgehead atoms. The molecule has 0 radical (unpaired) electrons. The van der Waals surface area contributed by atoms with E-state index in [2.05, 4.69) is 0 Å². The van der Waals surface area contributed by atoms with Crippen molar-refractivity contribution >= 4 is 27.3 Å². The summed E-state index contributed by atoms with van der Waals surface area (Å²) in [4.78, 5) is 13.2. The number of hydrogen-bond acceptors (Lipinski definition) is 5. The SMILES string of the molecule is CC1(C(N)=O)CCN(c2cccc(S(N)(=O)=O)c2N)C1. The van der Waals surface area contributed by atoms with Crippen molar-refractivity contribution < 1.29 is 13.2 Å². The number of sulfonamides is 1. The Morgan fingerprint density at radius 2 is 2.05 bits per heavy atom. The molecule has 110 valence electrons. The minimum absolute atomic E-state index is 0.101. The van der Waals surface area contributed by atoms with Crippen LogP contribution >= 0.6 is 0 Å². The second-order valence-corrected chi connectivity index (χ2v) is 6.86. The Kier molecular flexibility index (Phi) is 3.39. The molecular formula is C12H18N4O3S. The fraction of sp³-hybridized carbons (Fsp3) is 0.417. The van der Waals surface area contributed by atoms with E-state index < -0.39 is 15.4 Å². The van der Waals surface area contributed by atoms with Gasteiger partial charge in [0.1, 0.15) is 4.90 Å². The number of primary amides is 1. The van der Waals surface area contributed by atoms with E-state index in [9.17, 15) is 13.2 Å². The van der Waals surface area contributed by atoms with Gasteiger partial charge < -0.3 is 16.4 Å². The van der Waals surface area contributed by atoms with Gasteiger partial charge in [-0.1, -0.05) is 6.07 Å². The highest BCUT2D eigenvalue weighted by molar-refractivity contribution is 7.89. The molecule has 1 heterocycles. The minimum Gasteiger partial charge on any atom is -0.396 e. The molecule has 1 saturated heterocycles. The van der Waals surface area contributed by atoms with E-state index in [1.165, 1.54) is 6.07 Å². The molecular weight excluding hydrogens is 280 g/mol. The van der Waals surface area contributed by atoms with Crippen LogP contribution in [0.4, 0.5) is 11.4 Å². The molecule has 1 fully saturated rings. The molecule has 2 rings (SSSR count). The lowest BCUT2D eigenvalue weighted by Crippen LogP contribution is -2.37. The Hall–Kier alpha value is -1.80. The smallest absolute Gasteiger partial charge is 0.240 e. The van der Waals surface area contributed by atoms with Gasteiger partial charge in [0.05, 0.1) is 16.8 Å². The number of benzene rings is 1. The van der Waals surface area contributed by atoms with Crippen LogP contribution in [-0.2, 0) is 14.8 Å². The number of primary sulfonamides is 1. The number of hydrogen-bond donors (Lipinski definition) is 3. The Morgan fingerprint density at radius 1 is 1.40 bits per heavy atom. The van der Waals surface area contributed by atoms with E-state index in [0.29, 0.717) is 25.2 Å². The Balaban J connectivity index is 2.39. The number of rotatable bonds is 3. The topological polar surface area (TPSA) is 133 Å². The third-order valence-electron chi connectivity index (χ3n) is 3.76. The van der Waals surface area contributed by atoms with Crippen LogP contribution in [0.1, 0.15) is 13.3 Å². The first-order valence-corrected chi connectivity index (χ1v) is 7.66. The second-order valence-electron chi connectivity index (χ2n) is 5.33. The van der Waals surface area contributed by atoms with Gasteiger partial charge in [0.15, 0.2) is 0 Å². The van der Waals surface area contributed by atoms with Crippen LogP contribution in [0.15, 0.2) is 23.1 Å². The summed E-state index contributed by atoms with van der Waals surface area (Å²) in [6, 6.07) is 4.64. The van der Waals surface area contributed by atoms with Crippen molar-refractivity contribution in [3.63, 3.8) is 0 Å². The van der Waals surface area contributed by atoms with Gasteiger partial charge in [-0.2, -0.15) is 0 Å². The van der Waals surface area contributed by atoms with Crippen LogP contribution in [0.5, 0.6) is 0 Å². The Labute approximate surface area is 117 Å². The number of nitrogen functional groups attached to an aromatic ring is 1. The maximum absolute atomic E-state index is 11.5. The number of nitrogens with two attached hydrogens (primary N) is 3. The molecule has 1 unspecified atom stereocenters. The normalized spacial score (nSPS) is 23.0. The molecule has 6 N–H and O–H groups in total. The van der Waals surface area contributed by atoms with Gasteiger partial charge >= 0.3 is 0 Å². The van der Waals surface area contributed by atoms with Crippen molar-refractivity contribution in [1.29, 1.82) is 0 Å². The zero-order chi connectivity index (χ0) is 15.1. The molecule has 1 amide bonds. The zero-order valence-electron chi connectivity index (χ0n) is 11.2. The lowest BCUT2D eigenvalue weighted by atomic mass is 9.89. The van der Waals surface area contributed by atoms with Gasteiger partial charge in [-0.05, 0) is 25.5 Å². The van der Waals surface area contributed by atoms with Crippen LogP contribution < -0.4 is 21.5 Å². The molecule has 0 aromatic heterocycles. The number of para-hydroxylation sites is 1. The average molecular weight is 298 g/mol. The molecule has 1 aliphatic heterocycles. The van der Waals surface area contributed by atoms with Gasteiger partial charge in [0, 0.05) is 13.1 Å². The lowest BCUT2D eigenvalue weighted by molar-refractivity contribution is -0.125. The fourth-order valence-electron chi connectivity index (χ4n) is 2.42. The van der Waals surface area contributed by atoms with Gasteiger partial charge in [-0.3, -0.25) is 4.79 Å². The molecule has 1 aromatic carbocycles. The average Bonchev–Trinajstić information content (AvgIpc) is 2.72. The van der Waals surface area contributed by atoms with E-state index in [1.54, 1.807) is 19.1 Å². The van der Waals surface area contributed by atoms with E-state index in [0.717, 1.165) is 0 Å². The van der Waals surface area contributed by atoms with Gasteiger partial charge in [0.25, 0.3) is 0 Å². The van der Waals surface area contributed by atoms with Crippen LogP contribution in [-0.4, -0.2) is 27.4 Å². The zero-order valence-corrected chi connectivity index (χ0v) is 12.0. The van der Waals surface area contributed by atoms with E-state index >= 15 is 0 Å². The first kappa shape index (κ1) is 14.6.